The highest BCUT2D eigenvalue weighted by Gasteiger charge is 2.33. The molecule has 6 heteroatoms. The van der Waals surface area contributed by atoms with Crippen LogP contribution in [0.2, 0.25) is 0 Å². The maximum Gasteiger partial charge on any atom is 0.123 e. The zero-order chi connectivity index (χ0) is 16.1. The number of nitrogens with two attached hydrogens (primary N) is 1. The molecule has 0 aliphatic carbocycles. The van der Waals surface area contributed by atoms with Gasteiger partial charge in [0, 0.05) is 21.8 Å². The van der Waals surface area contributed by atoms with Crippen molar-refractivity contribution in [1.82, 2.24) is 4.57 Å². The van der Waals surface area contributed by atoms with Gasteiger partial charge in [-0.25, -0.2) is 8.78 Å². The second-order valence-electron chi connectivity index (χ2n) is 5.95. The third-order valence-corrected chi connectivity index (χ3v) is 4.49. The van der Waals surface area contributed by atoms with E-state index in [4.69, 9.17) is 10.5 Å². The van der Waals surface area contributed by atoms with Crippen LogP contribution in [-0.2, 0) is 4.74 Å². The Hall–Kier alpha value is -2.02. The number of hydrogen-bond acceptors (Lipinski definition) is 3. The van der Waals surface area contributed by atoms with E-state index in [2.05, 4.69) is 0 Å². The van der Waals surface area contributed by atoms with Gasteiger partial charge in [-0.3, -0.25) is 0 Å². The molecule has 4 nitrogen and oxygen atoms in total. The number of rotatable bonds is 1. The Morgan fingerprint density at radius 1 is 1.00 bits per heavy atom. The molecule has 1 fully saturated rings. The zero-order valence-electron chi connectivity index (χ0n) is 12.2. The topological polar surface area (TPSA) is 60.4 Å². The molecule has 1 aromatic heterocycles. The zero-order valence-corrected chi connectivity index (χ0v) is 12.2. The minimum absolute atomic E-state index is 0.290. The number of ether oxygens (including phenoxy) is 1. The molecule has 0 amide bonds. The molecular formula is C17H16F2N2O2. The SMILES string of the molecule is N[C@@H]1COC[C@H](n2c3ccc(F)cc3c3cc(F)ccc32)[C@H]1O. The molecule has 2 heterocycles. The van der Waals surface area contributed by atoms with Crippen molar-refractivity contribution in [2.24, 2.45) is 5.73 Å². The summed E-state index contributed by atoms with van der Waals surface area (Å²) < 4.78 is 34.7. The van der Waals surface area contributed by atoms with Gasteiger partial charge in [-0.05, 0) is 36.4 Å². The number of aromatic nitrogens is 1. The van der Waals surface area contributed by atoms with Crippen LogP contribution in [0, 0.1) is 11.6 Å². The maximum absolute atomic E-state index is 13.7. The monoisotopic (exact) mass is 318 g/mol. The molecular weight excluding hydrogens is 302 g/mol. The average Bonchev–Trinajstić information content (AvgIpc) is 2.83. The van der Waals surface area contributed by atoms with Crippen molar-refractivity contribution >= 4 is 21.8 Å². The summed E-state index contributed by atoms with van der Waals surface area (Å²) in [5.74, 6) is -0.782. The van der Waals surface area contributed by atoms with Crippen molar-refractivity contribution in [2.75, 3.05) is 13.2 Å². The Balaban J connectivity index is 2.04. The molecule has 0 unspecified atom stereocenters. The van der Waals surface area contributed by atoms with E-state index in [9.17, 15) is 13.9 Å². The third-order valence-electron chi connectivity index (χ3n) is 4.49. The minimum atomic E-state index is -0.794. The van der Waals surface area contributed by atoms with Gasteiger partial charge in [0.25, 0.3) is 0 Å². The summed E-state index contributed by atoms with van der Waals surface area (Å²) in [5, 5.41) is 11.7. The van der Waals surface area contributed by atoms with E-state index in [0.29, 0.717) is 28.4 Å². The van der Waals surface area contributed by atoms with Crippen LogP contribution in [0.15, 0.2) is 36.4 Å². The smallest absolute Gasteiger partial charge is 0.123 e. The molecule has 23 heavy (non-hydrogen) atoms. The molecule has 0 spiro atoms. The predicted molar refractivity (Wildman–Crippen MR) is 83.2 cm³/mol. The van der Waals surface area contributed by atoms with Gasteiger partial charge >= 0.3 is 0 Å². The molecule has 1 aliphatic heterocycles. The average molecular weight is 318 g/mol. The summed E-state index contributed by atoms with van der Waals surface area (Å²) in [7, 11) is 0. The van der Waals surface area contributed by atoms with Gasteiger partial charge < -0.3 is 20.1 Å². The number of nitrogens with zero attached hydrogens (tertiary/aromatic N) is 1. The lowest BCUT2D eigenvalue weighted by molar-refractivity contribution is -0.0416. The van der Waals surface area contributed by atoms with E-state index in [-0.39, 0.29) is 6.61 Å². The second-order valence-corrected chi connectivity index (χ2v) is 5.95. The van der Waals surface area contributed by atoms with E-state index in [1.165, 1.54) is 24.3 Å². The molecule has 0 saturated carbocycles. The van der Waals surface area contributed by atoms with E-state index in [1.54, 1.807) is 12.1 Å². The van der Waals surface area contributed by atoms with E-state index in [1.807, 2.05) is 4.57 Å². The molecule has 3 N–H and O–H groups in total. The Kier molecular flexibility index (Phi) is 3.33. The number of benzene rings is 2. The number of hydrogen-bond donors (Lipinski definition) is 2. The molecule has 4 rings (SSSR count). The van der Waals surface area contributed by atoms with Gasteiger partial charge in [-0.2, -0.15) is 0 Å². The highest BCUT2D eigenvalue weighted by Crippen LogP contribution is 2.35. The molecule has 0 radical (unpaired) electrons. The largest absolute Gasteiger partial charge is 0.389 e. The standard InChI is InChI=1S/C17H16F2N2O2/c18-9-1-3-14-11(5-9)12-6-10(19)2-4-15(12)21(14)16-8-23-7-13(20)17(16)22/h1-6,13,16-17,22H,7-8,20H2/t13-,16+,17+/m1/s1. The van der Waals surface area contributed by atoms with Crippen molar-refractivity contribution in [3.8, 4) is 0 Å². The van der Waals surface area contributed by atoms with Crippen LogP contribution >= 0.6 is 0 Å². The second kappa shape index (κ2) is 5.26. The quantitative estimate of drug-likeness (QED) is 0.724. The first-order valence-corrected chi connectivity index (χ1v) is 7.46. The van der Waals surface area contributed by atoms with Gasteiger partial charge in [0.15, 0.2) is 0 Å². The normalized spacial score (nSPS) is 25.3. The van der Waals surface area contributed by atoms with Gasteiger partial charge in [0.1, 0.15) is 11.6 Å². The van der Waals surface area contributed by atoms with Crippen LogP contribution in [0.4, 0.5) is 8.78 Å². The van der Waals surface area contributed by atoms with E-state index >= 15 is 0 Å². The Bertz CT molecular complexity index is 834. The number of fused-ring (bicyclic) bond motifs is 3. The van der Waals surface area contributed by atoms with Crippen LogP contribution in [0.25, 0.3) is 21.8 Å². The minimum Gasteiger partial charge on any atom is -0.389 e. The van der Waals surface area contributed by atoms with E-state index < -0.39 is 29.8 Å². The molecule has 1 aliphatic rings. The van der Waals surface area contributed by atoms with Gasteiger partial charge in [0.05, 0.1) is 31.4 Å². The number of aliphatic hydroxyl groups is 1. The van der Waals surface area contributed by atoms with Crippen LogP contribution in [0.5, 0.6) is 0 Å². The lowest BCUT2D eigenvalue weighted by atomic mass is 10.0. The lowest BCUT2D eigenvalue weighted by Gasteiger charge is -2.34. The van der Waals surface area contributed by atoms with Gasteiger partial charge in [-0.1, -0.05) is 0 Å². The highest BCUT2D eigenvalue weighted by atomic mass is 19.1. The Morgan fingerprint density at radius 3 is 2.13 bits per heavy atom. The van der Waals surface area contributed by atoms with Crippen molar-refractivity contribution < 1.29 is 18.6 Å². The summed E-state index contributed by atoms with van der Waals surface area (Å²) in [6.07, 6.45) is -0.794. The first kappa shape index (κ1) is 14.6. The fourth-order valence-electron chi connectivity index (χ4n) is 3.39. The summed E-state index contributed by atoms with van der Waals surface area (Å²) in [5.41, 5.74) is 7.34. The molecule has 2 aromatic carbocycles. The summed E-state index contributed by atoms with van der Waals surface area (Å²) in [6.45, 7) is 0.584. The van der Waals surface area contributed by atoms with Crippen molar-refractivity contribution in [2.45, 2.75) is 18.2 Å². The molecule has 3 atom stereocenters. The molecule has 0 bridgehead atoms. The first-order valence-electron chi connectivity index (χ1n) is 7.46. The van der Waals surface area contributed by atoms with Gasteiger partial charge in [0.2, 0.25) is 0 Å². The first-order chi connectivity index (χ1) is 11.1. The van der Waals surface area contributed by atoms with Crippen molar-refractivity contribution in [3.05, 3.63) is 48.0 Å². The van der Waals surface area contributed by atoms with Crippen molar-refractivity contribution in [3.63, 3.8) is 0 Å². The maximum atomic E-state index is 13.7. The molecule has 3 aromatic rings. The predicted octanol–water partition coefficient (Wildman–Crippen LogP) is 2.33. The Morgan fingerprint density at radius 2 is 1.57 bits per heavy atom. The summed E-state index contributed by atoms with van der Waals surface area (Å²) in [4.78, 5) is 0. The fraction of sp³-hybridized carbons (Fsp3) is 0.294. The van der Waals surface area contributed by atoms with Crippen LogP contribution < -0.4 is 5.73 Å². The summed E-state index contributed by atoms with van der Waals surface area (Å²) in [6, 6.07) is 7.82. The number of aliphatic hydroxyl groups excluding tert-OH is 1. The van der Waals surface area contributed by atoms with Crippen LogP contribution in [-0.4, -0.2) is 35.0 Å². The third kappa shape index (κ3) is 2.22. The highest BCUT2D eigenvalue weighted by molar-refractivity contribution is 6.08. The van der Waals surface area contributed by atoms with Gasteiger partial charge in [-0.15, -0.1) is 0 Å². The Labute approximate surface area is 131 Å². The lowest BCUT2D eigenvalue weighted by Crippen LogP contribution is -2.49. The fourth-order valence-corrected chi connectivity index (χ4v) is 3.39. The molecule has 1 saturated heterocycles. The molecule has 120 valence electrons. The van der Waals surface area contributed by atoms with Crippen molar-refractivity contribution in [1.29, 1.82) is 0 Å². The summed E-state index contributed by atoms with van der Waals surface area (Å²) >= 11 is 0. The number of halogens is 2. The van der Waals surface area contributed by atoms with E-state index in [0.717, 1.165) is 0 Å². The van der Waals surface area contributed by atoms with Crippen LogP contribution in [0.1, 0.15) is 6.04 Å². The van der Waals surface area contributed by atoms with Crippen LogP contribution in [0.3, 0.4) is 0 Å².